The Morgan fingerprint density at radius 1 is 1.21 bits per heavy atom. The van der Waals surface area contributed by atoms with Gasteiger partial charge >= 0.3 is 29.6 Å². The molecule has 80 valence electrons. The molecule has 0 aliphatic rings. The second-order valence-corrected chi connectivity index (χ2v) is 2.58. The Labute approximate surface area is 108 Å². The van der Waals surface area contributed by atoms with Gasteiger partial charge in [0.25, 0.3) is 0 Å². The van der Waals surface area contributed by atoms with Crippen molar-refractivity contribution in [2.75, 3.05) is 47.3 Å². The van der Waals surface area contributed by atoms with Crippen LogP contribution in [0, 0.1) is 10.1 Å². The first-order valence-corrected chi connectivity index (χ1v) is 4.15. The van der Waals surface area contributed by atoms with Crippen LogP contribution in [0.25, 0.3) is 0 Å². The normalized spacial score (nSPS) is 8.57. The van der Waals surface area contributed by atoms with Crippen LogP contribution in [-0.2, 0) is 0 Å². The van der Waals surface area contributed by atoms with Crippen LogP contribution in [0.5, 0.6) is 0 Å². The second-order valence-electron chi connectivity index (χ2n) is 2.58. The molecule has 0 aliphatic heterocycles. The van der Waals surface area contributed by atoms with E-state index in [2.05, 4.69) is 22.6 Å². The van der Waals surface area contributed by atoms with Gasteiger partial charge in [-0.25, -0.2) is 0 Å². The van der Waals surface area contributed by atoms with Crippen molar-refractivity contribution >= 4 is 0 Å². The number of nitrogens with one attached hydrogen (secondary N) is 2. The average molecular weight is 214 g/mol. The molecule has 0 radical (unpaired) electrons. The summed E-state index contributed by atoms with van der Waals surface area (Å²) in [6.07, 6.45) is 0. The van der Waals surface area contributed by atoms with Gasteiger partial charge in [0.1, 0.15) is 0 Å². The zero-order valence-corrected chi connectivity index (χ0v) is 11.5. The van der Waals surface area contributed by atoms with Crippen molar-refractivity contribution in [3.05, 3.63) is 10.1 Å². The molecule has 0 bridgehead atoms. The molecule has 0 amide bonds. The fourth-order valence-corrected chi connectivity index (χ4v) is 0.717. The molecule has 0 heterocycles. The summed E-state index contributed by atoms with van der Waals surface area (Å²) < 4.78 is 0. The van der Waals surface area contributed by atoms with E-state index >= 15 is 0 Å². The minimum Gasteiger partial charge on any atom is -0.444 e. The van der Waals surface area contributed by atoms with E-state index in [4.69, 9.17) is 10.1 Å². The minimum atomic E-state index is 0. The molecule has 0 saturated heterocycles. The molecule has 7 heteroatoms. The van der Waals surface area contributed by atoms with Crippen molar-refractivity contribution in [1.82, 2.24) is 15.5 Å². The molecule has 0 atom stereocenters. The SMILES string of the molecule is CNCCN(C)CCNC.O=N[O-].[Na+]. The first kappa shape index (κ1) is 19.8. The quantitative estimate of drug-likeness (QED) is 0.274. The number of nitrogens with zero attached hydrogens (tertiary/aromatic N) is 2. The minimum absolute atomic E-state index is 0. The Hall–Kier alpha value is 0.280. The fourth-order valence-electron chi connectivity index (χ4n) is 0.717. The number of rotatable bonds is 6. The number of likely N-dealkylation sites (N-methyl/N-ethyl adjacent to an activating group) is 3. The molecule has 0 aromatic heterocycles. The van der Waals surface area contributed by atoms with Crippen LogP contribution >= 0.6 is 0 Å². The molecule has 0 aromatic carbocycles. The Kier molecular flexibility index (Phi) is 26.8. The fraction of sp³-hybridized carbons (Fsp3) is 1.00. The van der Waals surface area contributed by atoms with Crippen molar-refractivity contribution in [3.8, 4) is 0 Å². The maximum Gasteiger partial charge on any atom is 1.00 e. The van der Waals surface area contributed by atoms with Crippen LogP contribution in [0.3, 0.4) is 0 Å². The standard InChI is InChI=1S/C7H19N3.HNO2.Na/c1-8-4-6-10(3)7-5-9-2;2-1-3;/h8-9H,4-7H2,1-3H3;(H,2,3);/q;;+1/p-1. The van der Waals surface area contributed by atoms with Crippen LogP contribution in [0.4, 0.5) is 0 Å². The van der Waals surface area contributed by atoms with Crippen LogP contribution in [0.2, 0.25) is 0 Å². The summed E-state index contributed by atoms with van der Waals surface area (Å²) in [5.41, 5.74) is 0. The van der Waals surface area contributed by atoms with E-state index in [0.717, 1.165) is 31.5 Å². The predicted octanol–water partition coefficient (Wildman–Crippen LogP) is -3.39. The molecule has 0 aliphatic carbocycles. The summed E-state index contributed by atoms with van der Waals surface area (Å²) in [6.45, 7) is 4.39. The van der Waals surface area contributed by atoms with Gasteiger partial charge in [-0.15, -0.1) is 5.34 Å². The van der Waals surface area contributed by atoms with Gasteiger partial charge in [-0.2, -0.15) is 0 Å². The van der Waals surface area contributed by atoms with Crippen molar-refractivity contribution in [2.24, 2.45) is 5.34 Å². The maximum atomic E-state index is 8.00. The first-order chi connectivity index (χ1) is 6.22. The molecule has 0 rings (SSSR count). The van der Waals surface area contributed by atoms with Crippen molar-refractivity contribution in [1.29, 1.82) is 0 Å². The molecule has 0 fully saturated rings. The van der Waals surface area contributed by atoms with E-state index < -0.39 is 0 Å². The van der Waals surface area contributed by atoms with Crippen molar-refractivity contribution < 1.29 is 29.6 Å². The summed E-state index contributed by atoms with van der Waals surface area (Å²) in [6, 6.07) is 0. The molecule has 0 aromatic rings. The topological polar surface area (TPSA) is 79.8 Å². The van der Waals surface area contributed by atoms with Gasteiger partial charge in [-0.1, -0.05) is 0 Å². The molecular formula is C7H19N4NaO2. The largest absolute Gasteiger partial charge is 1.00 e. The smallest absolute Gasteiger partial charge is 0.444 e. The van der Waals surface area contributed by atoms with Gasteiger partial charge in [0.05, 0.1) is 0 Å². The molecule has 14 heavy (non-hydrogen) atoms. The van der Waals surface area contributed by atoms with Gasteiger partial charge in [-0.05, 0) is 21.1 Å². The van der Waals surface area contributed by atoms with Gasteiger partial charge in [-0.3, -0.25) is 0 Å². The predicted molar refractivity (Wildman–Crippen MR) is 54.5 cm³/mol. The van der Waals surface area contributed by atoms with Crippen LogP contribution in [0.1, 0.15) is 0 Å². The molecule has 0 saturated carbocycles. The monoisotopic (exact) mass is 214 g/mol. The van der Waals surface area contributed by atoms with Gasteiger partial charge in [0.2, 0.25) is 0 Å². The third kappa shape index (κ3) is 22.8. The summed E-state index contributed by atoms with van der Waals surface area (Å²) in [4.78, 5) is 10.3. The second kappa shape index (κ2) is 18.9. The molecule has 6 nitrogen and oxygen atoms in total. The van der Waals surface area contributed by atoms with E-state index in [1.807, 2.05) is 14.1 Å². The van der Waals surface area contributed by atoms with E-state index in [0.29, 0.717) is 0 Å². The van der Waals surface area contributed by atoms with Gasteiger partial charge in [0.15, 0.2) is 0 Å². The molecule has 2 N–H and O–H groups in total. The van der Waals surface area contributed by atoms with Crippen LogP contribution < -0.4 is 40.2 Å². The Balaban J connectivity index is -0.000000267. The van der Waals surface area contributed by atoms with Gasteiger partial charge < -0.3 is 25.6 Å². The van der Waals surface area contributed by atoms with Crippen molar-refractivity contribution in [3.63, 3.8) is 0 Å². The molecule has 0 unspecified atom stereocenters. The number of hydrogen-bond donors (Lipinski definition) is 2. The first-order valence-electron chi connectivity index (χ1n) is 4.15. The van der Waals surface area contributed by atoms with E-state index in [-0.39, 0.29) is 29.6 Å². The Bertz CT molecular complexity index is 99.7. The maximum absolute atomic E-state index is 8.00. The third-order valence-electron chi connectivity index (χ3n) is 1.49. The van der Waals surface area contributed by atoms with Crippen LogP contribution in [0.15, 0.2) is 5.34 Å². The summed E-state index contributed by atoms with van der Waals surface area (Å²) in [5.74, 6) is 0. The summed E-state index contributed by atoms with van der Waals surface area (Å²) in [5, 5.41) is 15.2. The summed E-state index contributed by atoms with van der Waals surface area (Å²) in [7, 11) is 6.09. The van der Waals surface area contributed by atoms with Gasteiger partial charge in [0, 0.05) is 26.2 Å². The van der Waals surface area contributed by atoms with E-state index in [9.17, 15) is 0 Å². The zero-order valence-electron chi connectivity index (χ0n) is 9.54. The van der Waals surface area contributed by atoms with Crippen LogP contribution in [-0.4, -0.2) is 52.2 Å². The number of hydrogen-bond acceptors (Lipinski definition) is 6. The Morgan fingerprint density at radius 2 is 1.50 bits per heavy atom. The molecule has 0 spiro atoms. The zero-order chi connectivity index (χ0) is 10.5. The van der Waals surface area contributed by atoms with E-state index in [1.54, 1.807) is 0 Å². The third-order valence-corrected chi connectivity index (χ3v) is 1.49. The van der Waals surface area contributed by atoms with E-state index in [1.165, 1.54) is 0 Å². The molecular weight excluding hydrogens is 195 g/mol. The summed E-state index contributed by atoms with van der Waals surface area (Å²) >= 11 is 0. The van der Waals surface area contributed by atoms with Crippen molar-refractivity contribution in [2.45, 2.75) is 0 Å². The Morgan fingerprint density at radius 3 is 1.71 bits per heavy atom. The average Bonchev–Trinajstić information content (AvgIpc) is 2.12.